The normalized spacial score (nSPS) is 18.2. The van der Waals surface area contributed by atoms with E-state index in [4.69, 9.17) is 5.11 Å². The monoisotopic (exact) mass is 266 g/mol. The van der Waals surface area contributed by atoms with Crippen LogP contribution < -0.4 is 10.6 Å². The molecule has 1 aliphatic carbocycles. The third kappa shape index (κ3) is 3.04. The highest BCUT2D eigenvalue weighted by Gasteiger charge is 2.45. The standard InChI is InChI=1S/C12H18N4O3/c1-9(8-16-7-3-6-13-16)14-11(19)15-12(10(17)18)4-2-5-12/h3,6-7,9H,2,4-5,8H2,1H3,(H,17,18)(H2,14,15,19). The Morgan fingerprint density at radius 3 is 2.74 bits per heavy atom. The number of aliphatic carboxylic acids is 1. The lowest BCUT2D eigenvalue weighted by Gasteiger charge is -2.38. The fourth-order valence-corrected chi connectivity index (χ4v) is 2.13. The second-order valence-electron chi connectivity index (χ2n) is 4.97. The Morgan fingerprint density at radius 2 is 2.26 bits per heavy atom. The van der Waals surface area contributed by atoms with Gasteiger partial charge in [-0.15, -0.1) is 0 Å². The fraction of sp³-hybridized carbons (Fsp3) is 0.583. The molecule has 1 unspecified atom stereocenters. The summed E-state index contributed by atoms with van der Waals surface area (Å²) in [7, 11) is 0. The van der Waals surface area contributed by atoms with E-state index < -0.39 is 17.5 Å². The van der Waals surface area contributed by atoms with Crippen LogP contribution in [0.5, 0.6) is 0 Å². The smallest absolute Gasteiger partial charge is 0.329 e. The number of nitrogens with zero attached hydrogens (tertiary/aromatic N) is 2. The van der Waals surface area contributed by atoms with Gasteiger partial charge in [0, 0.05) is 18.4 Å². The average Bonchev–Trinajstić information content (AvgIpc) is 2.75. The number of hydrogen-bond acceptors (Lipinski definition) is 3. The van der Waals surface area contributed by atoms with Gasteiger partial charge in [-0.1, -0.05) is 0 Å². The molecular weight excluding hydrogens is 248 g/mol. The van der Waals surface area contributed by atoms with Gasteiger partial charge >= 0.3 is 12.0 Å². The van der Waals surface area contributed by atoms with Crippen LogP contribution in [0.3, 0.4) is 0 Å². The SMILES string of the molecule is CC(Cn1cccn1)NC(=O)NC1(C(=O)O)CCC1. The molecule has 2 amide bonds. The minimum Gasteiger partial charge on any atom is -0.480 e. The van der Waals surface area contributed by atoms with Crippen molar-refractivity contribution in [2.24, 2.45) is 0 Å². The third-order valence-corrected chi connectivity index (χ3v) is 3.37. The Balaban J connectivity index is 1.82. The minimum absolute atomic E-state index is 0.133. The van der Waals surface area contributed by atoms with Gasteiger partial charge in [-0.25, -0.2) is 9.59 Å². The van der Waals surface area contributed by atoms with Crippen LogP contribution in [0.15, 0.2) is 18.5 Å². The predicted molar refractivity (Wildman–Crippen MR) is 67.6 cm³/mol. The lowest BCUT2D eigenvalue weighted by atomic mass is 9.77. The van der Waals surface area contributed by atoms with E-state index in [0.29, 0.717) is 19.4 Å². The largest absolute Gasteiger partial charge is 0.480 e. The van der Waals surface area contributed by atoms with E-state index in [9.17, 15) is 9.59 Å². The number of carbonyl (C=O) groups is 2. The Hall–Kier alpha value is -2.05. The van der Waals surface area contributed by atoms with E-state index in [1.54, 1.807) is 23.1 Å². The van der Waals surface area contributed by atoms with Gasteiger partial charge < -0.3 is 15.7 Å². The first-order valence-corrected chi connectivity index (χ1v) is 6.31. The zero-order valence-corrected chi connectivity index (χ0v) is 10.8. The molecule has 3 N–H and O–H groups in total. The summed E-state index contributed by atoms with van der Waals surface area (Å²) < 4.78 is 1.71. The van der Waals surface area contributed by atoms with E-state index in [1.807, 2.05) is 6.92 Å². The molecule has 19 heavy (non-hydrogen) atoms. The topological polar surface area (TPSA) is 96.3 Å². The maximum atomic E-state index is 11.8. The maximum Gasteiger partial charge on any atom is 0.329 e. The first-order chi connectivity index (χ1) is 9.02. The number of hydrogen-bond donors (Lipinski definition) is 3. The molecule has 0 aliphatic heterocycles. The van der Waals surface area contributed by atoms with Gasteiger partial charge in [0.25, 0.3) is 0 Å². The molecule has 0 bridgehead atoms. The summed E-state index contributed by atoms with van der Waals surface area (Å²) in [4.78, 5) is 22.9. The number of carboxylic acid groups (broad SMARTS) is 1. The van der Waals surface area contributed by atoms with Crippen molar-refractivity contribution in [1.82, 2.24) is 20.4 Å². The van der Waals surface area contributed by atoms with Gasteiger partial charge in [0.2, 0.25) is 0 Å². The van der Waals surface area contributed by atoms with Crippen molar-refractivity contribution in [1.29, 1.82) is 0 Å². The third-order valence-electron chi connectivity index (χ3n) is 3.37. The highest BCUT2D eigenvalue weighted by Crippen LogP contribution is 2.31. The summed E-state index contributed by atoms with van der Waals surface area (Å²) >= 11 is 0. The van der Waals surface area contributed by atoms with Crippen molar-refractivity contribution in [2.45, 2.75) is 44.3 Å². The second-order valence-corrected chi connectivity index (χ2v) is 4.97. The molecule has 1 aromatic heterocycles. The van der Waals surface area contributed by atoms with Crippen LogP contribution in [-0.2, 0) is 11.3 Å². The number of carbonyl (C=O) groups excluding carboxylic acids is 1. The van der Waals surface area contributed by atoms with Crippen molar-refractivity contribution in [2.75, 3.05) is 0 Å². The van der Waals surface area contributed by atoms with Gasteiger partial charge in [0.15, 0.2) is 0 Å². The summed E-state index contributed by atoms with van der Waals surface area (Å²) in [5, 5.41) is 18.4. The van der Waals surface area contributed by atoms with Gasteiger partial charge in [-0.3, -0.25) is 4.68 Å². The molecule has 7 nitrogen and oxygen atoms in total. The Labute approximate surface area is 111 Å². The Bertz CT molecular complexity index is 454. The molecule has 1 fully saturated rings. The van der Waals surface area contributed by atoms with Crippen molar-refractivity contribution in [3.05, 3.63) is 18.5 Å². The van der Waals surface area contributed by atoms with Crippen LogP contribution in [0.4, 0.5) is 4.79 Å². The number of nitrogens with one attached hydrogen (secondary N) is 2. The predicted octanol–water partition coefficient (Wildman–Crippen LogP) is 0.578. The van der Waals surface area contributed by atoms with Crippen molar-refractivity contribution < 1.29 is 14.7 Å². The Morgan fingerprint density at radius 1 is 1.53 bits per heavy atom. The van der Waals surface area contributed by atoms with E-state index in [1.165, 1.54) is 0 Å². The molecule has 0 aromatic carbocycles. The average molecular weight is 266 g/mol. The van der Waals surface area contributed by atoms with E-state index in [-0.39, 0.29) is 6.04 Å². The molecule has 0 spiro atoms. The van der Waals surface area contributed by atoms with E-state index in [2.05, 4.69) is 15.7 Å². The van der Waals surface area contributed by atoms with E-state index >= 15 is 0 Å². The van der Waals surface area contributed by atoms with Crippen molar-refractivity contribution in [3.63, 3.8) is 0 Å². The number of carboxylic acids is 1. The summed E-state index contributed by atoms with van der Waals surface area (Å²) in [6.07, 6.45) is 5.28. The molecular formula is C12H18N4O3. The molecule has 104 valence electrons. The van der Waals surface area contributed by atoms with Gasteiger partial charge in [-0.05, 0) is 32.3 Å². The fourth-order valence-electron chi connectivity index (χ4n) is 2.13. The zero-order chi connectivity index (χ0) is 13.9. The number of rotatable bonds is 5. The Kier molecular flexibility index (Phi) is 3.73. The van der Waals surface area contributed by atoms with Crippen LogP contribution in [0.25, 0.3) is 0 Å². The number of urea groups is 1. The zero-order valence-electron chi connectivity index (χ0n) is 10.8. The molecule has 7 heteroatoms. The summed E-state index contributed by atoms with van der Waals surface area (Å²) in [5.74, 6) is -0.964. The van der Waals surface area contributed by atoms with Crippen LogP contribution in [0, 0.1) is 0 Å². The molecule has 1 heterocycles. The quantitative estimate of drug-likeness (QED) is 0.726. The highest BCUT2D eigenvalue weighted by molar-refractivity contribution is 5.87. The number of amides is 2. The van der Waals surface area contributed by atoms with Crippen molar-refractivity contribution >= 4 is 12.0 Å². The summed E-state index contributed by atoms with van der Waals surface area (Å²) in [6, 6.07) is 1.23. The van der Waals surface area contributed by atoms with Gasteiger partial charge in [-0.2, -0.15) is 5.10 Å². The molecule has 0 saturated heterocycles. The molecule has 1 atom stereocenters. The van der Waals surface area contributed by atoms with Crippen LogP contribution in [-0.4, -0.2) is 38.5 Å². The maximum absolute atomic E-state index is 11.8. The lowest BCUT2D eigenvalue weighted by Crippen LogP contribution is -2.62. The summed E-state index contributed by atoms with van der Waals surface area (Å²) in [5.41, 5.74) is -1.07. The first kappa shape index (κ1) is 13.4. The van der Waals surface area contributed by atoms with E-state index in [0.717, 1.165) is 6.42 Å². The van der Waals surface area contributed by atoms with Gasteiger partial charge in [0.1, 0.15) is 5.54 Å². The van der Waals surface area contributed by atoms with Gasteiger partial charge in [0.05, 0.1) is 6.54 Å². The second kappa shape index (κ2) is 5.29. The molecule has 1 aromatic rings. The molecule has 2 rings (SSSR count). The number of aromatic nitrogens is 2. The minimum atomic E-state index is -1.07. The first-order valence-electron chi connectivity index (χ1n) is 6.31. The molecule has 1 aliphatic rings. The van der Waals surface area contributed by atoms with Crippen molar-refractivity contribution in [3.8, 4) is 0 Å². The highest BCUT2D eigenvalue weighted by atomic mass is 16.4. The lowest BCUT2D eigenvalue weighted by molar-refractivity contribution is -0.148. The summed E-state index contributed by atoms with van der Waals surface area (Å²) in [6.45, 7) is 2.38. The van der Waals surface area contributed by atoms with Crippen LogP contribution in [0.2, 0.25) is 0 Å². The molecule has 1 saturated carbocycles. The van der Waals surface area contributed by atoms with Crippen LogP contribution in [0.1, 0.15) is 26.2 Å². The van der Waals surface area contributed by atoms with Crippen LogP contribution >= 0.6 is 0 Å². The molecule has 0 radical (unpaired) electrons.